The van der Waals surface area contributed by atoms with Crippen LogP contribution in [0.25, 0.3) is 0 Å². The summed E-state index contributed by atoms with van der Waals surface area (Å²) < 4.78 is 0. The number of hydrogen-bond donors (Lipinski definition) is 1. The van der Waals surface area contributed by atoms with E-state index < -0.39 is 0 Å². The molecule has 1 fully saturated rings. The Morgan fingerprint density at radius 1 is 1.25 bits per heavy atom. The van der Waals surface area contributed by atoms with Crippen molar-refractivity contribution in [3.05, 3.63) is 29.8 Å². The third kappa shape index (κ3) is 3.07. The Bertz CT molecular complexity index is 420. The predicted molar refractivity (Wildman–Crippen MR) is 88.4 cm³/mol. The van der Waals surface area contributed by atoms with Crippen LogP contribution in [0.5, 0.6) is 0 Å². The van der Waals surface area contributed by atoms with Gasteiger partial charge in [-0.25, -0.2) is 0 Å². The summed E-state index contributed by atoms with van der Waals surface area (Å²) in [4.78, 5) is 1.53. The Hall–Kier alpha value is -0.470. The van der Waals surface area contributed by atoms with Gasteiger partial charge in [0.15, 0.2) is 0 Å². The molecule has 1 heterocycles. The molecule has 4 atom stereocenters. The van der Waals surface area contributed by atoms with Crippen molar-refractivity contribution in [3.63, 3.8) is 0 Å². The number of hydrogen-bond acceptors (Lipinski definition) is 2. The van der Waals surface area contributed by atoms with Crippen LogP contribution in [-0.2, 0) is 6.42 Å². The van der Waals surface area contributed by atoms with E-state index in [0.717, 1.165) is 23.1 Å². The van der Waals surface area contributed by atoms with Gasteiger partial charge in [-0.3, -0.25) is 0 Å². The molecule has 0 bridgehead atoms. The quantitative estimate of drug-likeness (QED) is 0.875. The Balaban J connectivity index is 1.62. The van der Waals surface area contributed by atoms with Gasteiger partial charge in [0.25, 0.3) is 0 Å². The van der Waals surface area contributed by atoms with Crippen LogP contribution in [0.3, 0.4) is 0 Å². The van der Waals surface area contributed by atoms with Gasteiger partial charge < -0.3 is 5.32 Å². The Labute approximate surface area is 127 Å². The maximum Gasteiger partial charge on any atom is 0.0138 e. The predicted octanol–water partition coefficient (Wildman–Crippen LogP) is 4.51. The average molecular weight is 289 g/mol. The van der Waals surface area contributed by atoms with E-state index in [1.165, 1.54) is 43.4 Å². The van der Waals surface area contributed by atoms with Gasteiger partial charge in [-0.2, -0.15) is 0 Å². The van der Waals surface area contributed by atoms with Crippen molar-refractivity contribution in [2.75, 3.05) is 7.05 Å². The second-order valence-electron chi connectivity index (χ2n) is 6.53. The molecule has 2 heteroatoms. The topological polar surface area (TPSA) is 12.0 Å². The Kier molecular flexibility index (Phi) is 4.72. The van der Waals surface area contributed by atoms with Crippen molar-refractivity contribution in [2.24, 2.45) is 11.8 Å². The van der Waals surface area contributed by atoms with E-state index in [0.29, 0.717) is 0 Å². The highest BCUT2D eigenvalue weighted by Crippen LogP contribution is 2.43. The highest BCUT2D eigenvalue weighted by molar-refractivity contribution is 8.00. The van der Waals surface area contributed by atoms with Crippen LogP contribution in [0.1, 0.15) is 44.6 Å². The molecule has 0 saturated heterocycles. The van der Waals surface area contributed by atoms with Crippen molar-refractivity contribution in [3.8, 4) is 0 Å². The van der Waals surface area contributed by atoms with Crippen LogP contribution in [0.2, 0.25) is 0 Å². The minimum atomic E-state index is 0.752. The second-order valence-corrected chi connectivity index (χ2v) is 7.87. The number of rotatable bonds is 4. The summed E-state index contributed by atoms with van der Waals surface area (Å²) in [6, 6.07) is 9.73. The van der Waals surface area contributed by atoms with Gasteiger partial charge in [-0.1, -0.05) is 31.5 Å². The van der Waals surface area contributed by atoms with Crippen LogP contribution in [0.4, 0.5) is 0 Å². The highest BCUT2D eigenvalue weighted by Gasteiger charge is 2.32. The minimum Gasteiger partial charge on any atom is -0.317 e. The molecule has 0 aromatic heterocycles. The molecule has 1 N–H and O–H groups in total. The summed E-state index contributed by atoms with van der Waals surface area (Å²) >= 11 is 2.12. The van der Waals surface area contributed by atoms with Crippen molar-refractivity contribution in [2.45, 2.75) is 61.6 Å². The van der Waals surface area contributed by atoms with Crippen molar-refractivity contribution >= 4 is 11.8 Å². The maximum atomic E-state index is 3.58. The van der Waals surface area contributed by atoms with Crippen LogP contribution in [0, 0.1) is 11.8 Å². The highest BCUT2D eigenvalue weighted by atomic mass is 32.2. The van der Waals surface area contributed by atoms with Gasteiger partial charge in [0.05, 0.1) is 0 Å². The molecule has 1 saturated carbocycles. The number of thioether (sulfide) groups is 1. The monoisotopic (exact) mass is 289 g/mol. The number of fused-ring (bicyclic) bond motifs is 1. The summed E-state index contributed by atoms with van der Waals surface area (Å²) in [5.41, 5.74) is 1.58. The van der Waals surface area contributed by atoms with E-state index >= 15 is 0 Å². The first-order chi connectivity index (χ1) is 9.80. The zero-order valence-corrected chi connectivity index (χ0v) is 13.6. The third-order valence-corrected chi connectivity index (χ3v) is 6.66. The lowest BCUT2D eigenvalue weighted by molar-refractivity contribution is 0.196. The average Bonchev–Trinajstić information content (AvgIpc) is 2.89. The normalized spacial score (nSPS) is 33.1. The fraction of sp³-hybridized carbons (Fsp3) is 0.667. The molecular formula is C18H27NS. The fourth-order valence-corrected chi connectivity index (χ4v) is 5.52. The second kappa shape index (κ2) is 6.53. The van der Waals surface area contributed by atoms with Crippen LogP contribution < -0.4 is 5.32 Å². The SMILES string of the molecule is CCC1CCC(NC)C(CC2Cc3ccccc3S2)C1. The van der Waals surface area contributed by atoms with E-state index in [2.05, 4.69) is 55.3 Å². The van der Waals surface area contributed by atoms with Gasteiger partial charge in [0, 0.05) is 16.2 Å². The molecule has 2 aliphatic rings. The number of nitrogens with one attached hydrogen (secondary N) is 1. The first kappa shape index (κ1) is 14.5. The smallest absolute Gasteiger partial charge is 0.0138 e. The van der Waals surface area contributed by atoms with Crippen LogP contribution in [-0.4, -0.2) is 18.3 Å². The molecule has 110 valence electrons. The van der Waals surface area contributed by atoms with E-state index in [4.69, 9.17) is 0 Å². The zero-order valence-electron chi connectivity index (χ0n) is 12.8. The molecule has 0 radical (unpaired) electrons. The Morgan fingerprint density at radius 3 is 2.85 bits per heavy atom. The van der Waals surface area contributed by atoms with Crippen molar-refractivity contribution in [1.82, 2.24) is 5.32 Å². The largest absolute Gasteiger partial charge is 0.317 e. The molecule has 1 aliphatic carbocycles. The Morgan fingerprint density at radius 2 is 2.10 bits per heavy atom. The molecule has 20 heavy (non-hydrogen) atoms. The molecule has 3 rings (SSSR count). The molecule has 4 unspecified atom stereocenters. The van der Waals surface area contributed by atoms with Crippen molar-refractivity contribution in [1.29, 1.82) is 0 Å². The summed E-state index contributed by atoms with van der Waals surface area (Å²) in [5, 5.41) is 4.39. The molecule has 1 nitrogen and oxygen atoms in total. The molecule has 1 aromatic rings. The first-order valence-electron chi connectivity index (χ1n) is 8.22. The van der Waals surface area contributed by atoms with Crippen molar-refractivity contribution < 1.29 is 0 Å². The van der Waals surface area contributed by atoms with E-state index in [1.54, 1.807) is 5.56 Å². The van der Waals surface area contributed by atoms with E-state index in [1.807, 2.05) is 0 Å². The van der Waals surface area contributed by atoms with Gasteiger partial charge >= 0.3 is 0 Å². The van der Waals surface area contributed by atoms with Crippen LogP contribution >= 0.6 is 11.8 Å². The number of benzene rings is 1. The van der Waals surface area contributed by atoms with E-state index in [9.17, 15) is 0 Å². The lowest BCUT2D eigenvalue weighted by Gasteiger charge is -2.37. The minimum absolute atomic E-state index is 0.752. The maximum absolute atomic E-state index is 3.58. The summed E-state index contributed by atoms with van der Waals surface area (Å²) in [6.45, 7) is 2.36. The summed E-state index contributed by atoms with van der Waals surface area (Å²) in [7, 11) is 2.15. The molecule has 1 aromatic carbocycles. The molecule has 0 spiro atoms. The van der Waals surface area contributed by atoms with Gasteiger partial charge in [-0.05, 0) is 62.6 Å². The standard InChI is InChI=1S/C18H27NS/c1-3-13-8-9-17(19-2)15(10-13)12-16-11-14-6-4-5-7-18(14)20-16/h4-7,13,15-17,19H,3,8-12H2,1-2H3. The zero-order chi connectivity index (χ0) is 13.9. The summed E-state index contributed by atoms with van der Waals surface area (Å²) in [6.07, 6.45) is 8.28. The molecular weight excluding hydrogens is 262 g/mol. The van der Waals surface area contributed by atoms with Gasteiger partial charge in [-0.15, -0.1) is 11.8 Å². The lowest BCUT2D eigenvalue weighted by Crippen LogP contribution is -2.39. The molecule has 0 amide bonds. The third-order valence-electron chi connectivity index (χ3n) is 5.32. The van der Waals surface area contributed by atoms with Gasteiger partial charge in [0.1, 0.15) is 0 Å². The molecule has 1 aliphatic heterocycles. The summed E-state index contributed by atoms with van der Waals surface area (Å²) in [5.74, 6) is 1.85. The first-order valence-corrected chi connectivity index (χ1v) is 9.10. The van der Waals surface area contributed by atoms with E-state index in [-0.39, 0.29) is 0 Å². The van der Waals surface area contributed by atoms with Crippen LogP contribution in [0.15, 0.2) is 29.2 Å². The lowest BCUT2D eigenvalue weighted by atomic mass is 9.75. The fourth-order valence-electron chi connectivity index (χ4n) is 4.10. The van der Waals surface area contributed by atoms with Gasteiger partial charge in [0.2, 0.25) is 0 Å².